The van der Waals surface area contributed by atoms with Crippen LogP contribution in [0.25, 0.3) is 33.4 Å². The quantitative estimate of drug-likeness (QED) is 0.187. The van der Waals surface area contributed by atoms with Crippen LogP contribution in [-0.2, 0) is 19.7 Å². The number of allylic oxidation sites excluding steroid dienone is 6. The maximum Gasteiger partial charge on any atom is 0.380 e. The van der Waals surface area contributed by atoms with Gasteiger partial charge in [-0.1, -0.05) is 86.6 Å². The van der Waals surface area contributed by atoms with Crippen LogP contribution in [0.15, 0.2) is 128 Å². The minimum atomic E-state index is -6.06. The highest BCUT2D eigenvalue weighted by molar-refractivity contribution is 7.96. The summed E-state index contributed by atoms with van der Waals surface area (Å²) >= 11 is 0. The normalized spacial score (nSPS) is 20.9. The molecule has 0 amide bonds. The van der Waals surface area contributed by atoms with Gasteiger partial charge < -0.3 is 0 Å². The lowest BCUT2D eigenvalue weighted by Crippen LogP contribution is -2.49. The first-order chi connectivity index (χ1) is 23.0. The zero-order valence-electron chi connectivity index (χ0n) is 25.9. The topological polar surface area (TPSA) is 68.3 Å². The second kappa shape index (κ2) is 10.8. The summed E-state index contributed by atoms with van der Waals surface area (Å²) in [5.74, 6) is -17.3. The van der Waals surface area contributed by atoms with Crippen molar-refractivity contribution >= 4 is 30.8 Å². The number of rotatable bonds is 6. The van der Waals surface area contributed by atoms with Crippen LogP contribution in [0.5, 0.6) is 0 Å². The molecule has 0 spiro atoms. The van der Waals surface area contributed by atoms with E-state index in [1.165, 1.54) is 38.1 Å². The Bertz CT molecular complexity index is 2230. The van der Waals surface area contributed by atoms with Gasteiger partial charge in [-0.25, -0.2) is 16.8 Å². The molecule has 0 saturated carbocycles. The zero-order valence-corrected chi connectivity index (χ0v) is 27.5. The van der Waals surface area contributed by atoms with Crippen molar-refractivity contribution in [2.75, 3.05) is 0 Å². The van der Waals surface area contributed by atoms with Crippen LogP contribution < -0.4 is 0 Å². The van der Waals surface area contributed by atoms with Gasteiger partial charge in [0.05, 0.1) is 19.6 Å². The Balaban J connectivity index is 1.63. The standard InChI is InChI=1S/C37H26F6O4S2/c1-3-27-31(25-19-23(21-11-7-5-8-12-21)15-17-29(25)48(27,44)45)33-34(36(40,41)37(42,43)35(33,38)39)32-26-20-24(22-13-9-6-10-14-22)16-18-30(26)49(46,47)28(32)4-2/h5-20H,3-4H2,1-2H3. The van der Waals surface area contributed by atoms with E-state index in [0.717, 1.165) is 12.1 Å². The van der Waals surface area contributed by atoms with Gasteiger partial charge in [-0.2, -0.15) is 26.3 Å². The number of alkyl halides is 6. The van der Waals surface area contributed by atoms with Gasteiger partial charge in [-0.05, 0) is 59.4 Å². The van der Waals surface area contributed by atoms with Crippen molar-refractivity contribution in [2.45, 2.75) is 54.2 Å². The SMILES string of the molecule is CCC1=C(C2=C(C3=C(CC)S(=O)(=O)c4ccc(-c5ccccc5)cc43)C(F)(F)C(F)(F)C2(F)F)c2cc(-c3ccccc3)ccc2S1(=O)=O. The Morgan fingerprint density at radius 3 is 1.16 bits per heavy atom. The van der Waals surface area contributed by atoms with Gasteiger partial charge in [0.15, 0.2) is 0 Å². The fourth-order valence-corrected chi connectivity index (χ4v) is 10.7. The van der Waals surface area contributed by atoms with Crippen LogP contribution in [0.3, 0.4) is 0 Å². The molecule has 1 aliphatic carbocycles. The molecule has 7 rings (SSSR count). The van der Waals surface area contributed by atoms with Crippen LogP contribution >= 0.6 is 0 Å². The van der Waals surface area contributed by atoms with Crippen LogP contribution in [-0.4, -0.2) is 34.6 Å². The van der Waals surface area contributed by atoms with E-state index in [-0.39, 0.29) is 0 Å². The summed E-state index contributed by atoms with van der Waals surface area (Å²) < 4.78 is 152. The minimum Gasteiger partial charge on any atom is -0.219 e. The van der Waals surface area contributed by atoms with Crippen molar-refractivity contribution in [1.82, 2.24) is 0 Å². The van der Waals surface area contributed by atoms with E-state index in [2.05, 4.69) is 0 Å². The number of fused-ring (bicyclic) bond motifs is 2. The van der Waals surface area contributed by atoms with Gasteiger partial charge in [-0.3, -0.25) is 0 Å². The highest BCUT2D eigenvalue weighted by atomic mass is 32.2. The van der Waals surface area contributed by atoms with Crippen molar-refractivity contribution < 1.29 is 43.2 Å². The third-order valence-corrected chi connectivity index (χ3v) is 13.5. The summed E-state index contributed by atoms with van der Waals surface area (Å²) in [4.78, 5) is -2.50. The van der Waals surface area contributed by atoms with Gasteiger partial charge in [0.2, 0.25) is 19.7 Å². The second-order valence-corrected chi connectivity index (χ2v) is 15.8. The third kappa shape index (κ3) is 4.35. The first-order valence-electron chi connectivity index (χ1n) is 15.3. The van der Waals surface area contributed by atoms with Crippen LogP contribution in [0.4, 0.5) is 26.3 Å². The molecule has 2 aliphatic heterocycles. The Labute approximate surface area is 279 Å². The van der Waals surface area contributed by atoms with Crippen molar-refractivity contribution in [3.63, 3.8) is 0 Å². The predicted molar refractivity (Wildman–Crippen MR) is 174 cm³/mol. The monoisotopic (exact) mass is 712 g/mol. The molecular weight excluding hydrogens is 687 g/mol. The van der Waals surface area contributed by atoms with E-state index in [1.54, 1.807) is 60.7 Å². The largest absolute Gasteiger partial charge is 0.380 e. The number of hydrogen-bond donors (Lipinski definition) is 0. The first kappa shape index (κ1) is 33.1. The lowest BCUT2D eigenvalue weighted by molar-refractivity contribution is -0.263. The molecule has 4 nitrogen and oxygen atoms in total. The van der Waals surface area contributed by atoms with E-state index in [1.807, 2.05) is 0 Å². The highest BCUT2D eigenvalue weighted by Crippen LogP contribution is 2.67. The van der Waals surface area contributed by atoms with Crippen molar-refractivity contribution in [2.24, 2.45) is 0 Å². The maximum atomic E-state index is 16.4. The summed E-state index contributed by atoms with van der Waals surface area (Å²) in [5.41, 5.74) is -4.96. The molecule has 0 saturated heterocycles. The van der Waals surface area contributed by atoms with Crippen molar-refractivity contribution in [1.29, 1.82) is 0 Å². The molecule has 0 bridgehead atoms. The average molecular weight is 713 g/mol. The summed E-state index contributed by atoms with van der Waals surface area (Å²) in [7, 11) is -9.22. The van der Waals surface area contributed by atoms with Crippen LogP contribution in [0.1, 0.15) is 37.8 Å². The van der Waals surface area contributed by atoms with Crippen molar-refractivity contribution in [3.05, 3.63) is 129 Å². The lowest BCUT2D eigenvalue weighted by atomic mass is 9.85. The van der Waals surface area contributed by atoms with Crippen LogP contribution in [0.2, 0.25) is 0 Å². The lowest BCUT2D eigenvalue weighted by Gasteiger charge is -2.26. The molecule has 4 aromatic rings. The number of hydrogen-bond acceptors (Lipinski definition) is 4. The molecule has 0 radical (unpaired) electrons. The zero-order chi connectivity index (χ0) is 35.3. The molecule has 0 atom stereocenters. The number of sulfone groups is 2. The molecule has 0 fully saturated rings. The molecule has 49 heavy (non-hydrogen) atoms. The van der Waals surface area contributed by atoms with Crippen LogP contribution in [0, 0.1) is 0 Å². The molecule has 0 N–H and O–H groups in total. The fourth-order valence-electron chi connectivity index (χ4n) is 7.05. The molecule has 4 aromatic carbocycles. The van der Waals surface area contributed by atoms with Gasteiger partial charge in [0.1, 0.15) is 0 Å². The molecule has 2 heterocycles. The smallest absolute Gasteiger partial charge is 0.219 e. The van der Waals surface area contributed by atoms with Gasteiger partial charge >= 0.3 is 17.8 Å². The molecule has 12 heteroatoms. The molecule has 0 unspecified atom stereocenters. The first-order valence-corrected chi connectivity index (χ1v) is 18.3. The summed E-state index contributed by atoms with van der Waals surface area (Å²) in [6, 6.07) is 24.2. The van der Waals surface area contributed by atoms with E-state index in [4.69, 9.17) is 0 Å². The molecule has 0 aromatic heterocycles. The summed E-state index contributed by atoms with van der Waals surface area (Å²) in [6.07, 6.45) is -0.993. The Kier molecular flexibility index (Phi) is 7.29. The number of benzene rings is 4. The summed E-state index contributed by atoms with van der Waals surface area (Å²) in [6.45, 7) is 2.58. The Hall–Kier alpha value is -4.42. The van der Waals surface area contributed by atoms with Gasteiger partial charge in [0, 0.05) is 33.4 Å². The third-order valence-electron chi connectivity index (χ3n) is 9.31. The Morgan fingerprint density at radius 2 is 0.837 bits per heavy atom. The molecular formula is C37H26F6O4S2. The van der Waals surface area contributed by atoms with E-state index < -0.39 is 103 Å². The molecule has 3 aliphatic rings. The van der Waals surface area contributed by atoms with Crippen molar-refractivity contribution in [3.8, 4) is 22.3 Å². The van der Waals surface area contributed by atoms with E-state index >= 15 is 26.3 Å². The minimum absolute atomic E-state index is 0.321. The summed E-state index contributed by atoms with van der Waals surface area (Å²) in [5, 5.41) is 0. The fraction of sp³-hybridized carbons (Fsp3) is 0.189. The Morgan fingerprint density at radius 1 is 0.490 bits per heavy atom. The van der Waals surface area contributed by atoms with Gasteiger partial charge in [0.25, 0.3) is 0 Å². The molecule has 252 valence electrons. The second-order valence-electron chi connectivity index (χ2n) is 11.9. The highest BCUT2D eigenvalue weighted by Gasteiger charge is 2.81. The maximum absolute atomic E-state index is 16.4. The number of halogens is 6. The predicted octanol–water partition coefficient (Wildman–Crippen LogP) is 9.75. The average Bonchev–Trinajstić information content (AvgIpc) is 3.48. The van der Waals surface area contributed by atoms with E-state index in [0.29, 0.717) is 22.3 Å². The van der Waals surface area contributed by atoms with E-state index in [9.17, 15) is 16.8 Å². The van der Waals surface area contributed by atoms with Gasteiger partial charge in [-0.15, -0.1) is 0 Å².